The lowest BCUT2D eigenvalue weighted by Crippen LogP contribution is -1.91. The molecule has 1 radical (unpaired) electrons. The SMILES string of the molecule is [CH]=CCOc1ccc2ccccc2c1. The fraction of sp³-hybridized carbons (Fsp3) is 0.0769. The van der Waals surface area contributed by atoms with Crippen molar-refractivity contribution in [2.75, 3.05) is 6.61 Å². The molecule has 0 aliphatic heterocycles. The number of benzene rings is 2. The summed E-state index contributed by atoms with van der Waals surface area (Å²) in [6.07, 6.45) is 1.50. The van der Waals surface area contributed by atoms with Crippen molar-refractivity contribution in [3.8, 4) is 5.75 Å². The predicted molar refractivity (Wildman–Crippen MR) is 58.3 cm³/mol. The minimum atomic E-state index is 0.443. The van der Waals surface area contributed by atoms with Crippen LogP contribution in [0.15, 0.2) is 48.5 Å². The van der Waals surface area contributed by atoms with E-state index in [1.54, 1.807) is 0 Å². The maximum absolute atomic E-state index is 5.38. The van der Waals surface area contributed by atoms with E-state index in [0.29, 0.717) is 6.61 Å². The molecule has 0 aliphatic rings. The second kappa shape index (κ2) is 3.97. The van der Waals surface area contributed by atoms with Gasteiger partial charge in [-0.2, -0.15) is 0 Å². The zero-order valence-corrected chi connectivity index (χ0v) is 7.81. The molecular formula is C13H11O. The molecular weight excluding hydrogens is 172 g/mol. The van der Waals surface area contributed by atoms with Gasteiger partial charge in [0, 0.05) is 0 Å². The maximum Gasteiger partial charge on any atom is 0.120 e. The molecule has 0 heterocycles. The first kappa shape index (κ1) is 8.82. The summed E-state index contributed by atoms with van der Waals surface area (Å²) < 4.78 is 5.38. The largest absolute Gasteiger partial charge is 0.490 e. The molecule has 0 aromatic heterocycles. The molecule has 0 fully saturated rings. The van der Waals surface area contributed by atoms with Crippen LogP contribution in [0.4, 0.5) is 0 Å². The zero-order chi connectivity index (χ0) is 9.80. The average molecular weight is 183 g/mol. The Morgan fingerprint density at radius 2 is 1.86 bits per heavy atom. The van der Waals surface area contributed by atoms with E-state index in [0.717, 1.165) is 5.75 Å². The highest BCUT2D eigenvalue weighted by Gasteiger charge is 1.94. The first-order valence-electron chi connectivity index (χ1n) is 4.55. The van der Waals surface area contributed by atoms with Crippen LogP contribution < -0.4 is 4.74 Å². The van der Waals surface area contributed by atoms with Crippen LogP contribution >= 0.6 is 0 Å². The van der Waals surface area contributed by atoms with E-state index in [4.69, 9.17) is 11.3 Å². The predicted octanol–water partition coefficient (Wildman–Crippen LogP) is 3.21. The van der Waals surface area contributed by atoms with Crippen LogP contribution in [0.3, 0.4) is 0 Å². The number of hydrogen-bond donors (Lipinski definition) is 0. The second-order valence-corrected chi connectivity index (χ2v) is 3.06. The number of rotatable bonds is 3. The van der Waals surface area contributed by atoms with E-state index >= 15 is 0 Å². The van der Waals surface area contributed by atoms with Crippen LogP contribution in [-0.4, -0.2) is 6.61 Å². The quantitative estimate of drug-likeness (QED) is 0.710. The fourth-order valence-corrected chi connectivity index (χ4v) is 1.40. The van der Waals surface area contributed by atoms with Gasteiger partial charge in [-0.3, -0.25) is 0 Å². The highest BCUT2D eigenvalue weighted by Crippen LogP contribution is 2.20. The van der Waals surface area contributed by atoms with Crippen molar-refractivity contribution in [3.63, 3.8) is 0 Å². The van der Waals surface area contributed by atoms with Crippen molar-refractivity contribution in [1.29, 1.82) is 0 Å². The van der Waals surface area contributed by atoms with E-state index in [2.05, 4.69) is 12.1 Å². The van der Waals surface area contributed by atoms with Crippen LogP contribution in [0, 0.1) is 6.58 Å². The molecule has 0 spiro atoms. The normalized spacial score (nSPS) is 10.0. The highest BCUT2D eigenvalue weighted by molar-refractivity contribution is 5.83. The Morgan fingerprint density at radius 3 is 2.64 bits per heavy atom. The lowest BCUT2D eigenvalue weighted by atomic mass is 10.1. The Morgan fingerprint density at radius 1 is 1.07 bits per heavy atom. The molecule has 0 atom stereocenters. The van der Waals surface area contributed by atoms with Crippen molar-refractivity contribution in [3.05, 3.63) is 55.1 Å². The molecule has 0 unspecified atom stereocenters. The first-order valence-corrected chi connectivity index (χ1v) is 4.55. The summed E-state index contributed by atoms with van der Waals surface area (Å²) in [5.74, 6) is 0.852. The van der Waals surface area contributed by atoms with Gasteiger partial charge in [-0.25, -0.2) is 0 Å². The van der Waals surface area contributed by atoms with Crippen LogP contribution in [0.5, 0.6) is 5.75 Å². The Hall–Kier alpha value is -1.76. The molecule has 2 rings (SSSR count). The molecule has 2 aromatic carbocycles. The zero-order valence-electron chi connectivity index (χ0n) is 7.81. The van der Waals surface area contributed by atoms with E-state index in [9.17, 15) is 0 Å². The number of hydrogen-bond acceptors (Lipinski definition) is 1. The summed E-state index contributed by atoms with van der Waals surface area (Å²) in [4.78, 5) is 0. The number of fused-ring (bicyclic) bond motifs is 1. The molecule has 0 amide bonds. The van der Waals surface area contributed by atoms with Gasteiger partial charge >= 0.3 is 0 Å². The van der Waals surface area contributed by atoms with Crippen molar-refractivity contribution in [2.45, 2.75) is 0 Å². The third-order valence-corrected chi connectivity index (χ3v) is 2.07. The van der Waals surface area contributed by atoms with Crippen molar-refractivity contribution in [1.82, 2.24) is 0 Å². The third kappa shape index (κ3) is 1.77. The lowest BCUT2D eigenvalue weighted by molar-refractivity contribution is 0.363. The van der Waals surface area contributed by atoms with Crippen LogP contribution in [0.25, 0.3) is 10.8 Å². The standard InChI is InChI=1S/C13H11O/c1-2-9-14-13-8-7-11-5-3-4-6-12(11)10-13/h1-8,10H,9H2. The molecule has 0 aliphatic carbocycles. The van der Waals surface area contributed by atoms with Gasteiger partial charge in [0.2, 0.25) is 0 Å². The van der Waals surface area contributed by atoms with Crippen molar-refractivity contribution >= 4 is 10.8 Å². The highest BCUT2D eigenvalue weighted by atomic mass is 16.5. The van der Waals surface area contributed by atoms with E-state index in [1.807, 2.05) is 30.3 Å². The lowest BCUT2D eigenvalue weighted by Gasteiger charge is -2.04. The van der Waals surface area contributed by atoms with Gasteiger partial charge in [0.15, 0.2) is 0 Å². The Bertz CT molecular complexity index is 446. The third-order valence-electron chi connectivity index (χ3n) is 2.07. The van der Waals surface area contributed by atoms with Crippen molar-refractivity contribution in [2.24, 2.45) is 0 Å². The maximum atomic E-state index is 5.38. The summed E-state index contributed by atoms with van der Waals surface area (Å²) in [5.41, 5.74) is 0. The van der Waals surface area contributed by atoms with Crippen LogP contribution in [-0.2, 0) is 0 Å². The average Bonchev–Trinajstić information content (AvgIpc) is 2.26. The molecule has 1 nitrogen and oxygen atoms in total. The molecule has 1 heteroatoms. The van der Waals surface area contributed by atoms with Gasteiger partial charge in [0.25, 0.3) is 0 Å². The summed E-state index contributed by atoms with van der Waals surface area (Å²) in [6.45, 7) is 5.68. The van der Waals surface area contributed by atoms with Gasteiger partial charge in [-0.1, -0.05) is 36.9 Å². The van der Waals surface area contributed by atoms with E-state index < -0.39 is 0 Å². The topological polar surface area (TPSA) is 9.23 Å². The minimum absolute atomic E-state index is 0.443. The van der Waals surface area contributed by atoms with Gasteiger partial charge < -0.3 is 4.74 Å². The molecule has 69 valence electrons. The van der Waals surface area contributed by atoms with Gasteiger partial charge in [-0.05, 0) is 29.0 Å². The molecule has 2 aromatic rings. The van der Waals surface area contributed by atoms with Gasteiger partial charge in [0.05, 0.1) is 0 Å². The Labute approximate surface area is 83.6 Å². The minimum Gasteiger partial charge on any atom is -0.490 e. The van der Waals surface area contributed by atoms with Crippen LogP contribution in [0.1, 0.15) is 0 Å². The van der Waals surface area contributed by atoms with E-state index in [-0.39, 0.29) is 0 Å². The Kier molecular flexibility index (Phi) is 2.50. The molecule has 0 N–H and O–H groups in total. The molecule has 0 saturated carbocycles. The molecule has 0 bridgehead atoms. The fourth-order valence-electron chi connectivity index (χ4n) is 1.40. The summed E-state index contributed by atoms with van der Waals surface area (Å²) in [7, 11) is 0. The van der Waals surface area contributed by atoms with Gasteiger partial charge in [-0.15, -0.1) is 0 Å². The monoisotopic (exact) mass is 183 g/mol. The summed E-state index contributed by atoms with van der Waals surface area (Å²) >= 11 is 0. The second-order valence-electron chi connectivity index (χ2n) is 3.06. The summed E-state index contributed by atoms with van der Waals surface area (Å²) in [6, 6.07) is 14.2. The molecule has 0 saturated heterocycles. The van der Waals surface area contributed by atoms with E-state index in [1.165, 1.54) is 16.8 Å². The van der Waals surface area contributed by atoms with Gasteiger partial charge in [0.1, 0.15) is 12.4 Å². The first-order chi connectivity index (χ1) is 6.90. The smallest absolute Gasteiger partial charge is 0.120 e. The van der Waals surface area contributed by atoms with Crippen molar-refractivity contribution < 1.29 is 4.74 Å². The Balaban J connectivity index is 2.36. The molecule has 14 heavy (non-hydrogen) atoms. The van der Waals surface area contributed by atoms with Crippen LogP contribution in [0.2, 0.25) is 0 Å². The summed E-state index contributed by atoms with van der Waals surface area (Å²) in [5, 5.41) is 2.40. The number of ether oxygens (including phenoxy) is 1.